The summed E-state index contributed by atoms with van der Waals surface area (Å²) >= 11 is 0. The molecule has 1 saturated carbocycles. The van der Waals surface area contributed by atoms with Crippen LogP contribution in [0.2, 0.25) is 0 Å². The number of halogens is 1. The second kappa shape index (κ2) is 5.14. The number of nitrogens with zero attached hydrogens (tertiary/aromatic N) is 1. The van der Waals surface area contributed by atoms with Crippen molar-refractivity contribution in [2.24, 2.45) is 5.73 Å². The molecule has 19 heavy (non-hydrogen) atoms. The lowest BCUT2D eigenvalue weighted by atomic mass is 9.81. The Hall–Kier alpha value is -1.06. The van der Waals surface area contributed by atoms with Gasteiger partial charge in [0.1, 0.15) is 0 Å². The smallest absolute Gasteiger partial charge is 0.243 e. The molecule has 1 spiro atoms. The van der Waals surface area contributed by atoms with Crippen molar-refractivity contribution in [1.82, 2.24) is 0 Å². The summed E-state index contributed by atoms with van der Waals surface area (Å²) in [6.45, 7) is 2.59. The van der Waals surface area contributed by atoms with E-state index in [0.717, 1.165) is 12.2 Å². The van der Waals surface area contributed by atoms with E-state index in [9.17, 15) is 4.79 Å². The molecular weight excluding hydrogens is 260 g/mol. The van der Waals surface area contributed by atoms with Crippen molar-refractivity contribution in [2.75, 3.05) is 11.4 Å². The van der Waals surface area contributed by atoms with Crippen LogP contribution in [-0.4, -0.2) is 18.5 Å². The molecule has 1 fully saturated rings. The van der Waals surface area contributed by atoms with Crippen LogP contribution in [0.15, 0.2) is 24.3 Å². The van der Waals surface area contributed by atoms with Gasteiger partial charge < -0.3 is 10.6 Å². The molecule has 2 aliphatic rings. The molecule has 0 aromatic heterocycles. The van der Waals surface area contributed by atoms with Crippen molar-refractivity contribution >= 4 is 24.0 Å². The van der Waals surface area contributed by atoms with Gasteiger partial charge in [-0.05, 0) is 31.4 Å². The van der Waals surface area contributed by atoms with E-state index in [2.05, 4.69) is 18.2 Å². The normalized spacial score (nSPS) is 21.1. The van der Waals surface area contributed by atoms with Crippen molar-refractivity contribution in [3.8, 4) is 0 Å². The molecule has 4 heteroatoms. The van der Waals surface area contributed by atoms with Gasteiger partial charge in [0.25, 0.3) is 0 Å². The highest BCUT2D eigenvalue weighted by atomic mass is 35.5. The second-order valence-corrected chi connectivity index (χ2v) is 5.72. The maximum absolute atomic E-state index is 12.2. The van der Waals surface area contributed by atoms with Gasteiger partial charge in [-0.25, -0.2) is 0 Å². The van der Waals surface area contributed by atoms with Crippen molar-refractivity contribution in [3.05, 3.63) is 29.8 Å². The molecule has 1 atom stereocenters. The van der Waals surface area contributed by atoms with Gasteiger partial charge in [0.2, 0.25) is 5.91 Å². The summed E-state index contributed by atoms with van der Waals surface area (Å²) in [4.78, 5) is 14.2. The van der Waals surface area contributed by atoms with Gasteiger partial charge in [-0.3, -0.25) is 4.79 Å². The van der Waals surface area contributed by atoms with Crippen LogP contribution in [0.25, 0.3) is 0 Å². The average molecular weight is 281 g/mol. The predicted octanol–water partition coefficient (Wildman–Crippen LogP) is 2.61. The van der Waals surface area contributed by atoms with Crippen molar-refractivity contribution < 1.29 is 4.79 Å². The lowest BCUT2D eigenvalue weighted by Gasteiger charge is -2.25. The van der Waals surface area contributed by atoms with Crippen molar-refractivity contribution in [1.29, 1.82) is 0 Å². The lowest BCUT2D eigenvalue weighted by Crippen LogP contribution is -2.43. The minimum absolute atomic E-state index is 0. The molecule has 104 valence electrons. The standard InChI is InChI=1S/C15H20N2O.ClH/c1-11(16)14(18)17-10-15(8-4-5-9-15)12-6-2-3-7-13(12)17;/h2-3,6-7,11H,4-5,8-10,16H2,1H3;1H/t11-;/m0./s1. The first kappa shape index (κ1) is 14.4. The Bertz CT molecular complexity index is 481. The van der Waals surface area contributed by atoms with Gasteiger partial charge >= 0.3 is 0 Å². The highest BCUT2D eigenvalue weighted by molar-refractivity contribution is 5.99. The highest BCUT2D eigenvalue weighted by Crippen LogP contribution is 2.50. The Balaban J connectivity index is 0.00000133. The van der Waals surface area contributed by atoms with Crippen LogP contribution in [-0.2, 0) is 10.2 Å². The van der Waals surface area contributed by atoms with Crippen LogP contribution < -0.4 is 10.6 Å². The van der Waals surface area contributed by atoms with Crippen LogP contribution >= 0.6 is 12.4 Å². The van der Waals surface area contributed by atoms with Crippen LogP contribution in [0.3, 0.4) is 0 Å². The molecule has 3 nitrogen and oxygen atoms in total. The van der Waals surface area contributed by atoms with Gasteiger partial charge in [0, 0.05) is 17.6 Å². The summed E-state index contributed by atoms with van der Waals surface area (Å²) in [6.07, 6.45) is 4.95. The number of amides is 1. The van der Waals surface area contributed by atoms with E-state index in [-0.39, 0.29) is 23.7 Å². The number of hydrogen-bond donors (Lipinski definition) is 1. The SMILES string of the molecule is C[C@H](N)C(=O)N1CC2(CCCC2)c2ccccc21.Cl. The van der Waals surface area contributed by atoms with E-state index < -0.39 is 6.04 Å². The van der Waals surface area contributed by atoms with Crippen LogP contribution in [0, 0.1) is 0 Å². The molecule has 1 heterocycles. The molecule has 1 aromatic carbocycles. The molecule has 0 radical (unpaired) electrons. The van der Waals surface area contributed by atoms with Gasteiger partial charge in [-0.1, -0.05) is 31.0 Å². The Morgan fingerprint density at radius 3 is 2.58 bits per heavy atom. The van der Waals surface area contributed by atoms with Crippen LogP contribution in [0.4, 0.5) is 5.69 Å². The zero-order chi connectivity index (χ0) is 12.8. The van der Waals surface area contributed by atoms with Crippen molar-refractivity contribution in [3.63, 3.8) is 0 Å². The number of rotatable bonds is 1. The third kappa shape index (κ3) is 2.15. The van der Waals surface area contributed by atoms with E-state index in [1.54, 1.807) is 6.92 Å². The van der Waals surface area contributed by atoms with Crippen LogP contribution in [0.1, 0.15) is 38.2 Å². The van der Waals surface area contributed by atoms with Gasteiger partial charge in [-0.2, -0.15) is 0 Å². The summed E-state index contributed by atoms with van der Waals surface area (Å²) in [6, 6.07) is 7.92. The zero-order valence-corrected chi connectivity index (χ0v) is 12.1. The number of anilines is 1. The topological polar surface area (TPSA) is 46.3 Å². The maximum Gasteiger partial charge on any atom is 0.243 e. The molecule has 2 N–H and O–H groups in total. The minimum Gasteiger partial charge on any atom is -0.320 e. The molecular formula is C15H21ClN2O. The number of fused-ring (bicyclic) bond motifs is 2. The summed E-state index contributed by atoms with van der Waals surface area (Å²) in [7, 11) is 0. The fourth-order valence-corrected chi connectivity index (χ4v) is 3.55. The molecule has 0 saturated heterocycles. The number of nitrogens with two attached hydrogens (primary N) is 1. The maximum atomic E-state index is 12.2. The zero-order valence-electron chi connectivity index (χ0n) is 11.3. The van der Waals surface area contributed by atoms with E-state index >= 15 is 0 Å². The summed E-state index contributed by atoms with van der Waals surface area (Å²) in [5.74, 6) is 0.0474. The first-order valence-corrected chi connectivity index (χ1v) is 6.80. The molecule has 1 amide bonds. The molecule has 0 bridgehead atoms. The van der Waals surface area contributed by atoms with Gasteiger partial charge in [0.05, 0.1) is 6.04 Å². The molecule has 0 unspecified atom stereocenters. The fourth-order valence-electron chi connectivity index (χ4n) is 3.55. The fraction of sp³-hybridized carbons (Fsp3) is 0.533. The molecule has 3 rings (SSSR count). The first-order valence-electron chi connectivity index (χ1n) is 6.80. The van der Waals surface area contributed by atoms with Crippen LogP contribution in [0.5, 0.6) is 0 Å². The molecule has 1 aliphatic heterocycles. The third-order valence-corrected chi connectivity index (χ3v) is 4.44. The number of para-hydroxylation sites is 1. The van der Waals surface area contributed by atoms with Gasteiger partial charge in [-0.15, -0.1) is 12.4 Å². The number of benzene rings is 1. The Morgan fingerprint density at radius 1 is 1.32 bits per heavy atom. The first-order chi connectivity index (χ1) is 8.64. The van der Waals surface area contributed by atoms with Gasteiger partial charge in [0.15, 0.2) is 0 Å². The second-order valence-electron chi connectivity index (χ2n) is 5.72. The third-order valence-electron chi connectivity index (χ3n) is 4.44. The average Bonchev–Trinajstić information content (AvgIpc) is 2.96. The van der Waals surface area contributed by atoms with E-state index in [4.69, 9.17) is 5.73 Å². The number of carbonyl (C=O) groups excluding carboxylic acids is 1. The van der Waals surface area contributed by atoms with E-state index in [0.29, 0.717) is 0 Å². The minimum atomic E-state index is -0.422. The predicted molar refractivity (Wildman–Crippen MR) is 79.8 cm³/mol. The highest BCUT2D eigenvalue weighted by Gasteiger charge is 2.46. The summed E-state index contributed by atoms with van der Waals surface area (Å²) in [5, 5.41) is 0. The lowest BCUT2D eigenvalue weighted by molar-refractivity contribution is -0.119. The summed E-state index contributed by atoms with van der Waals surface area (Å²) in [5.41, 5.74) is 8.42. The number of carbonyl (C=O) groups is 1. The number of hydrogen-bond acceptors (Lipinski definition) is 2. The van der Waals surface area contributed by atoms with Crippen molar-refractivity contribution in [2.45, 2.75) is 44.1 Å². The Morgan fingerprint density at radius 2 is 1.95 bits per heavy atom. The Labute approximate surface area is 120 Å². The van der Waals surface area contributed by atoms with E-state index in [1.807, 2.05) is 11.0 Å². The molecule has 1 aromatic rings. The summed E-state index contributed by atoms with van der Waals surface area (Å²) < 4.78 is 0. The monoisotopic (exact) mass is 280 g/mol. The largest absolute Gasteiger partial charge is 0.320 e. The quantitative estimate of drug-likeness (QED) is 0.859. The van der Waals surface area contributed by atoms with E-state index in [1.165, 1.54) is 31.2 Å². The molecule has 1 aliphatic carbocycles. The Kier molecular flexibility index (Phi) is 3.88.